The molecule has 1 aromatic rings. The van der Waals surface area contributed by atoms with Crippen LogP contribution >= 0.6 is 11.8 Å². The summed E-state index contributed by atoms with van der Waals surface area (Å²) in [6.45, 7) is 1.88. The Bertz CT molecular complexity index is 527. The lowest BCUT2D eigenvalue weighted by Crippen LogP contribution is -2.41. The van der Waals surface area contributed by atoms with E-state index in [1.54, 1.807) is 6.07 Å². The lowest BCUT2D eigenvalue weighted by atomic mass is 9.95. The smallest absolute Gasteiger partial charge is 0.352 e. The fourth-order valence-electron chi connectivity index (χ4n) is 2.77. The minimum absolute atomic E-state index is 0.0678. The molecule has 0 radical (unpaired) electrons. The number of amides is 1. The van der Waals surface area contributed by atoms with Crippen LogP contribution in [0.15, 0.2) is 29.2 Å². The highest BCUT2D eigenvalue weighted by atomic mass is 32.2. The molecule has 0 aromatic heterocycles. The van der Waals surface area contributed by atoms with Crippen molar-refractivity contribution in [3.05, 3.63) is 29.8 Å². The van der Waals surface area contributed by atoms with Gasteiger partial charge in [-0.3, -0.25) is 4.79 Å². The van der Waals surface area contributed by atoms with Crippen LogP contribution < -0.4 is 5.32 Å². The van der Waals surface area contributed by atoms with Gasteiger partial charge < -0.3 is 5.32 Å². The summed E-state index contributed by atoms with van der Waals surface area (Å²) >= 11 is 1.20. The highest BCUT2D eigenvalue weighted by Gasteiger charge is 2.31. The normalized spacial score (nSPS) is 17.7. The van der Waals surface area contributed by atoms with Crippen molar-refractivity contribution in [2.75, 3.05) is 0 Å². The van der Waals surface area contributed by atoms with Crippen molar-refractivity contribution in [1.29, 1.82) is 0 Å². The van der Waals surface area contributed by atoms with Crippen LogP contribution in [0.2, 0.25) is 0 Å². The zero-order valence-electron chi connectivity index (χ0n) is 13.2. The molecule has 1 atom stereocenters. The summed E-state index contributed by atoms with van der Waals surface area (Å²) in [5.41, 5.74) is -0.676. The molecule has 1 saturated carbocycles. The molecule has 1 aliphatic rings. The van der Waals surface area contributed by atoms with E-state index < -0.39 is 11.7 Å². The predicted molar refractivity (Wildman–Crippen MR) is 86.4 cm³/mol. The molecule has 0 bridgehead atoms. The molecule has 23 heavy (non-hydrogen) atoms. The fraction of sp³-hybridized carbons (Fsp3) is 0.588. The first-order chi connectivity index (χ1) is 10.9. The number of alkyl halides is 3. The van der Waals surface area contributed by atoms with Crippen LogP contribution in [0.5, 0.6) is 0 Å². The third-order valence-electron chi connectivity index (χ3n) is 4.05. The van der Waals surface area contributed by atoms with Gasteiger partial charge in [-0.05, 0) is 37.5 Å². The van der Waals surface area contributed by atoms with E-state index in [9.17, 15) is 18.0 Å². The van der Waals surface area contributed by atoms with Crippen LogP contribution in [0.4, 0.5) is 13.2 Å². The third-order valence-corrected chi connectivity index (χ3v) is 5.41. The topological polar surface area (TPSA) is 29.1 Å². The maximum Gasteiger partial charge on any atom is 0.416 e. The monoisotopic (exact) mass is 345 g/mol. The number of hydrogen-bond acceptors (Lipinski definition) is 2. The minimum atomic E-state index is -4.36. The van der Waals surface area contributed by atoms with E-state index in [1.807, 2.05) is 6.92 Å². The summed E-state index contributed by atoms with van der Waals surface area (Å²) < 4.78 is 38.3. The SMILES string of the molecule is CCC(Sc1cccc(C(F)(F)F)c1)C(=O)NC1CCCCC1. The maximum atomic E-state index is 12.8. The van der Waals surface area contributed by atoms with Crippen LogP contribution in [-0.2, 0) is 11.0 Å². The van der Waals surface area contributed by atoms with E-state index in [0.717, 1.165) is 37.8 Å². The van der Waals surface area contributed by atoms with E-state index in [1.165, 1.54) is 24.2 Å². The molecule has 2 rings (SSSR count). The van der Waals surface area contributed by atoms with Gasteiger partial charge in [-0.25, -0.2) is 0 Å². The van der Waals surface area contributed by atoms with Crippen LogP contribution in [0.25, 0.3) is 0 Å². The number of hydrogen-bond donors (Lipinski definition) is 1. The van der Waals surface area contributed by atoms with Gasteiger partial charge in [0.05, 0.1) is 10.8 Å². The first kappa shape index (κ1) is 18.2. The molecule has 0 saturated heterocycles. The molecule has 1 fully saturated rings. The molecule has 6 heteroatoms. The van der Waals surface area contributed by atoms with Crippen LogP contribution in [-0.4, -0.2) is 17.2 Å². The summed E-state index contributed by atoms with van der Waals surface area (Å²) in [5.74, 6) is -0.0678. The fourth-order valence-corrected chi connectivity index (χ4v) is 3.80. The summed E-state index contributed by atoms with van der Waals surface area (Å²) in [4.78, 5) is 12.9. The van der Waals surface area contributed by atoms with Crippen LogP contribution in [0, 0.1) is 0 Å². The first-order valence-electron chi connectivity index (χ1n) is 8.04. The average molecular weight is 345 g/mol. The highest BCUT2D eigenvalue weighted by Crippen LogP contribution is 2.33. The summed E-state index contributed by atoms with van der Waals surface area (Å²) in [6, 6.07) is 5.38. The van der Waals surface area contributed by atoms with Crippen LogP contribution in [0.3, 0.4) is 0 Å². The van der Waals surface area contributed by atoms with Gasteiger partial charge in [0, 0.05) is 10.9 Å². The molecule has 128 valence electrons. The van der Waals surface area contributed by atoms with Crippen molar-refractivity contribution in [2.45, 2.75) is 67.8 Å². The van der Waals surface area contributed by atoms with Crippen LogP contribution in [0.1, 0.15) is 51.0 Å². The Balaban J connectivity index is 1.99. The molecule has 0 spiro atoms. The number of carbonyl (C=O) groups is 1. The second-order valence-electron chi connectivity index (χ2n) is 5.88. The Hall–Kier alpha value is -1.17. The third kappa shape index (κ3) is 5.44. The van der Waals surface area contributed by atoms with Gasteiger partial charge in [0.2, 0.25) is 5.91 Å². The molecule has 0 aliphatic heterocycles. The quantitative estimate of drug-likeness (QED) is 0.759. The van der Waals surface area contributed by atoms with Gasteiger partial charge in [-0.2, -0.15) is 13.2 Å². The maximum absolute atomic E-state index is 12.8. The zero-order valence-corrected chi connectivity index (χ0v) is 14.0. The van der Waals surface area contributed by atoms with Gasteiger partial charge in [-0.1, -0.05) is 32.3 Å². The Morgan fingerprint density at radius 3 is 2.61 bits per heavy atom. The molecule has 1 N–H and O–H groups in total. The average Bonchev–Trinajstić information content (AvgIpc) is 2.53. The van der Waals surface area contributed by atoms with Gasteiger partial charge in [0.25, 0.3) is 0 Å². The molecule has 1 amide bonds. The lowest BCUT2D eigenvalue weighted by molar-refractivity contribution is -0.137. The minimum Gasteiger partial charge on any atom is -0.352 e. The second kappa shape index (κ2) is 8.08. The Morgan fingerprint density at radius 2 is 2.00 bits per heavy atom. The lowest BCUT2D eigenvalue weighted by Gasteiger charge is -2.25. The number of thioether (sulfide) groups is 1. The molecule has 1 unspecified atom stereocenters. The number of rotatable bonds is 5. The van der Waals surface area contributed by atoms with Gasteiger partial charge in [0.15, 0.2) is 0 Å². The van der Waals surface area contributed by atoms with Crippen molar-refractivity contribution in [3.63, 3.8) is 0 Å². The Morgan fingerprint density at radius 1 is 1.30 bits per heavy atom. The number of nitrogens with one attached hydrogen (secondary N) is 1. The van der Waals surface area contributed by atoms with Crippen molar-refractivity contribution < 1.29 is 18.0 Å². The number of halogens is 3. The number of benzene rings is 1. The summed E-state index contributed by atoms with van der Waals surface area (Å²) in [5, 5.41) is 2.69. The summed E-state index contributed by atoms with van der Waals surface area (Å²) in [7, 11) is 0. The largest absolute Gasteiger partial charge is 0.416 e. The molecule has 1 aliphatic carbocycles. The second-order valence-corrected chi connectivity index (χ2v) is 7.16. The van der Waals surface area contributed by atoms with Gasteiger partial charge in [-0.15, -0.1) is 11.8 Å². The standard InChI is InChI=1S/C17H22F3NOS/c1-2-15(16(22)21-13-8-4-3-5-9-13)23-14-10-6-7-12(11-14)17(18,19)20/h6-7,10-11,13,15H,2-5,8-9H2,1H3,(H,21,22). The van der Waals surface area contributed by atoms with Gasteiger partial charge in [0.1, 0.15) is 0 Å². The molecular formula is C17H22F3NOS. The van der Waals surface area contributed by atoms with E-state index in [-0.39, 0.29) is 17.2 Å². The van der Waals surface area contributed by atoms with E-state index in [4.69, 9.17) is 0 Å². The first-order valence-corrected chi connectivity index (χ1v) is 8.92. The number of carbonyl (C=O) groups excluding carboxylic acids is 1. The van der Waals surface area contributed by atoms with E-state index in [0.29, 0.717) is 11.3 Å². The Kier molecular flexibility index (Phi) is 6.39. The molecule has 0 heterocycles. The Labute approximate surface area is 139 Å². The van der Waals surface area contributed by atoms with E-state index in [2.05, 4.69) is 5.32 Å². The molecular weight excluding hydrogens is 323 g/mol. The van der Waals surface area contributed by atoms with E-state index >= 15 is 0 Å². The van der Waals surface area contributed by atoms with Crippen molar-refractivity contribution in [1.82, 2.24) is 5.32 Å². The summed E-state index contributed by atoms with van der Waals surface area (Å²) in [6.07, 6.45) is 1.68. The van der Waals surface area contributed by atoms with Crippen molar-refractivity contribution in [3.8, 4) is 0 Å². The molecule has 2 nitrogen and oxygen atoms in total. The molecule has 1 aromatic carbocycles. The van der Waals surface area contributed by atoms with Crippen molar-refractivity contribution >= 4 is 17.7 Å². The highest BCUT2D eigenvalue weighted by molar-refractivity contribution is 8.00. The predicted octanol–water partition coefficient (Wildman–Crippen LogP) is 5.03. The van der Waals surface area contributed by atoms with Crippen molar-refractivity contribution in [2.24, 2.45) is 0 Å². The zero-order chi connectivity index (χ0) is 16.9. The van der Waals surface area contributed by atoms with Gasteiger partial charge >= 0.3 is 6.18 Å².